The van der Waals surface area contributed by atoms with E-state index in [1.807, 2.05) is 32.9 Å². The van der Waals surface area contributed by atoms with Crippen LogP contribution in [-0.2, 0) is 9.53 Å². The van der Waals surface area contributed by atoms with E-state index in [9.17, 15) is 9.59 Å². The zero-order valence-electron chi connectivity index (χ0n) is 16.7. The molecule has 1 amide bonds. The van der Waals surface area contributed by atoms with Gasteiger partial charge in [-0.3, -0.25) is 18.9 Å². The Morgan fingerprint density at radius 2 is 1.97 bits per heavy atom. The number of thioether (sulfide) groups is 1. The first kappa shape index (κ1) is 20.1. The number of ether oxygens (including phenoxy) is 1. The lowest BCUT2D eigenvalue weighted by Gasteiger charge is -2.36. The molecule has 2 unspecified atom stereocenters. The van der Waals surface area contributed by atoms with Gasteiger partial charge in [-0.05, 0) is 38.5 Å². The number of aryl methyl sites for hydroxylation is 1. The minimum atomic E-state index is -0.207. The van der Waals surface area contributed by atoms with Gasteiger partial charge in [0.05, 0.1) is 22.7 Å². The predicted molar refractivity (Wildman–Crippen MR) is 119 cm³/mol. The second-order valence-corrected chi connectivity index (χ2v) is 9.12. The Bertz CT molecular complexity index is 1100. The highest BCUT2D eigenvalue weighted by molar-refractivity contribution is 8.26. The maximum atomic E-state index is 13.4. The number of aromatic nitrogens is 2. The summed E-state index contributed by atoms with van der Waals surface area (Å²) in [4.78, 5) is 34.7. The highest BCUT2D eigenvalue weighted by Gasteiger charge is 2.31. The number of carbonyl (C=O) groups excluding carboxylic acids is 1. The molecule has 9 heteroatoms. The largest absolute Gasteiger partial charge is 0.372 e. The molecule has 152 valence electrons. The van der Waals surface area contributed by atoms with E-state index in [1.54, 1.807) is 19.3 Å². The first-order chi connectivity index (χ1) is 13.8. The molecule has 0 aromatic carbocycles. The molecule has 2 fully saturated rings. The Hall–Kier alpha value is -2.23. The number of carbonyl (C=O) groups is 1. The van der Waals surface area contributed by atoms with E-state index in [0.29, 0.717) is 39.3 Å². The number of likely N-dealkylation sites (N-methyl/N-ethyl adjacent to an activating group) is 1. The van der Waals surface area contributed by atoms with Crippen molar-refractivity contribution in [3.05, 3.63) is 44.7 Å². The Kier molecular flexibility index (Phi) is 5.22. The van der Waals surface area contributed by atoms with Gasteiger partial charge in [0.15, 0.2) is 0 Å². The van der Waals surface area contributed by atoms with Crippen LogP contribution in [0.4, 0.5) is 5.82 Å². The number of morpholine rings is 1. The van der Waals surface area contributed by atoms with Gasteiger partial charge in [0.25, 0.3) is 11.5 Å². The highest BCUT2D eigenvalue weighted by Crippen LogP contribution is 2.33. The Morgan fingerprint density at radius 3 is 2.59 bits per heavy atom. The zero-order valence-corrected chi connectivity index (χ0v) is 18.3. The van der Waals surface area contributed by atoms with Crippen molar-refractivity contribution >= 4 is 51.7 Å². The van der Waals surface area contributed by atoms with Crippen molar-refractivity contribution in [2.45, 2.75) is 33.0 Å². The van der Waals surface area contributed by atoms with Crippen LogP contribution in [0.2, 0.25) is 0 Å². The number of fused-ring (bicyclic) bond motifs is 1. The predicted octanol–water partition coefficient (Wildman–Crippen LogP) is 2.45. The van der Waals surface area contributed by atoms with Crippen molar-refractivity contribution in [1.29, 1.82) is 0 Å². The Morgan fingerprint density at radius 1 is 1.28 bits per heavy atom. The zero-order chi connectivity index (χ0) is 20.9. The summed E-state index contributed by atoms with van der Waals surface area (Å²) < 4.78 is 7.85. The average molecular weight is 431 g/mol. The van der Waals surface area contributed by atoms with E-state index >= 15 is 0 Å². The molecule has 29 heavy (non-hydrogen) atoms. The number of amides is 1. The molecule has 2 aliphatic rings. The second-order valence-electron chi connectivity index (χ2n) is 7.44. The first-order valence-electron chi connectivity index (χ1n) is 9.40. The summed E-state index contributed by atoms with van der Waals surface area (Å²) in [6.07, 6.45) is 3.36. The van der Waals surface area contributed by atoms with Crippen LogP contribution in [0, 0.1) is 6.92 Å². The van der Waals surface area contributed by atoms with Gasteiger partial charge in [-0.2, -0.15) is 0 Å². The Balaban J connectivity index is 1.94. The van der Waals surface area contributed by atoms with Crippen molar-refractivity contribution in [3.63, 3.8) is 0 Å². The molecule has 0 aliphatic carbocycles. The van der Waals surface area contributed by atoms with Crippen LogP contribution in [-0.4, -0.2) is 56.9 Å². The molecule has 0 spiro atoms. The molecule has 0 saturated carbocycles. The Labute approximate surface area is 178 Å². The fraction of sp³-hybridized carbons (Fsp3) is 0.400. The lowest BCUT2D eigenvalue weighted by atomic mass is 10.1. The third-order valence-electron chi connectivity index (χ3n) is 5.05. The number of nitrogens with zero attached hydrogens (tertiary/aromatic N) is 4. The van der Waals surface area contributed by atoms with Crippen LogP contribution in [0.25, 0.3) is 11.7 Å². The lowest BCUT2D eigenvalue weighted by molar-refractivity contribution is -0.121. The molecule has 2 aromatic heterocycles. The van der Waals surface area contributed by atoms with Crippen molar-refractivity contribution in [2.75, 3.05) is 25.0 Å². The van der Waals surface area contributed by atoms with E-state index in [2.05, 4.69) is 4.90 Å². The van der Waals surface area contributed by atoms with Gasteiger partial charge >= 0.3 is 0 Å². The molecule has 2 atom stereocenters. The number of anilines is 1. The lowest BCUT2D eigenvalue weighted by Crippen LogP contribution is -2.46. The summed E-state index contributed by atoms with van der Waals surface area (Å²) in [6.45, 7) is 7.17. The number of thiocarbonyl (C=S) groups is 1. The third-order valence-corrected chi connectivity index (χ3v) is 6.53. The fourth-order valence-corrected chi connectivity index (χ4v) is 4.86. The molecule has 2 aliphatic heterocycles. The number of hydrogen-bond acceptors (Lipinski definition) is 7. The van der Waals surface area contributed by atoms with Gasteiger partial charge < -0.3 is 9.64 Å². The van der Waals surface area contributed by atoms with E-state index in [-0.39, 0.29) is 23.7 Å². The average Bonchev–Trinajstić information content (AvgIpc) is 2.90. The smallest absolute Gasteiger partial charge is 0.267 e. The maximum absolute atomic E-state index is 13.4. The van der Waals surface area contributed by atoms with Crippen molar-refractivity contribution in [1.82, 2.24) is 14.3 Å². The molecular weight excluding hydrogens is 408 g/mol. The number of hydrogen-bond donors (Lipinski definition) is 0. The standard InChI is InChI=1S/C20H22N4O3S2/c1-11-6-5-7-24-16(11)21-17(23-9-12(2)27-13(3)10-23)14(18(24)25)8-15-19(26)22(4)20(28)29-15/h5-8,12-13H,9-10H2,1-4H3/b15-8+. The summed E-state index contributed by atoms with van der Waals surface area (Å²) in [7, 11) is 1.64. The molecule has 0 radical (unpaired) electrons. The third kappa shape index (κ3) is 3.58. The van der Waals surface area contributed by atoms with Gasteiger partial charge in [0.2, 0.25) is 0 Å². The summed E-state index contributed by atoms with van der Waals surface area (Å²) in [5.74, 6) is 0.371. The molecule has 0 bridgehead atoms. The number of rotatable bonds is 2. The molecule has 0 N–H and O–H groups in total. The van der Waals surface area contributed by atoms with Gasteiger partial charge in [0.1, 0.15) is 15.8 Å². The van der Waals surface area contributed by atoms with Gasteiger partial charge in [0, 0.05) is 26.3 Å². The van der Waals surface area contributed by atoms with E-state index in [4.69, 9.17) is 21.9 Å². The molecular formula is C20H22N4O3S2. The molecule has 2 saturated heterocycles. The molecule has 7 nitrogen and oxygen atoms in total. The van der Waals surface area contributed by atoms with Crippen LogP contribution in [0.15, 0.2) is 28.0 Å². The normalized spacial score (nSPS) is 24.2. The monoisotopic (exact) mass is 430 g/mol. The van der Waals surface area contributed by atoms with Crippen LogP contribution < -0.4 is 10.5 Å². The van der Waals surface area contributed by atoms with Gasteiger partial charge in [-0.15, -0.1) is 0 Å². The quantitative estimate of drug-likeness (QED) is 0.536. The second kappa shape index (κ2) is 7.55. The van der Waals surface area contributed by atoms with Crippen LogP contribution >= 0.6 is 24.0 Å². The van der Waals surface area contributed by atoms with E-state index in [1.165, 1.54) is 21.1 Å². The minimum absolute atomic E-state index is 0.0116. The molecule has 2 aromatic rings. The maximum Gasteiger partial charge on any atom is 0.267 e. The SMILES string of the molecule is Cc1cccn2c(=O)c(/C=C3/SC(=S)N(C)C3=O)c(N3CC(C)OC(C)C3)nc12. The summed E-state index contributed by atoms with van der Waals surface area (Å²) in [5.41, 5.74) is 1.70. The molecule has 4 heterocycles. The van der Waals surface area contributed by atoms with Crippen molar-refractivity contribution in [2.24, 2.45) is 0 Å². The minimum Gasteiger partial charge on any atom is -0.372 e. The molecule has 4 rings (SSSR count). The van der Waals surface area contributed by atoms with Crippen molar-refractivity contribution in [3.8, 4) is 0 Å². The number of pyridine rings is 1. The van der Waals surface area contributed by atoms with Crippen LogP contribution in [0.5, 0.6) is 0 Å². The summed E-state index contributed by atoms with van der Waals surface area (Å²) in [5, 5.41) is 0. The topological polar surface area (TPSA) is 67.2 Å². The van der Waals surface area contributed by atoms with Gasteiger partial charge in [-0.1, -0.05) is 30.0 Å². The van der Waals surface area contributed by atoms with Crippen molar-refractivity contribution < 1.29 is 9.53 Å². The van der Waals surface area contributed by atoms with E-state index < -0.39 is 0 Å². The van der Waals surface area contributed by atoms with E-state index in [0.717, 1.165) is 5.56 Å². The summed E-state index contributed by atoms with van der Waals surface area (Å²) >= 11 is 6.43. The summed E-state index contributed by atoms with van der Waals surface area (Å²) in [6, 6.07) is 3.75. The highest BCUT2D eigenvalue weighted by atomic mass is 32.2. The van der Waals surface area contributed by atoms with Crippen LogP contribution in [0.3, 0.4) is 0 Å². The fourth-order valence-electron chi connectivity index (χ4n) is 3.70. The van der Waals surface area contributed by atoms with Crippen LogP contribution in [0.1, 0.15) is 25.0 Å². The first-order valence-corrected chi connectivity index (χ1v) is 10.6. The van der Waals surface area contributed by atoms with Gasteiger partial charge in [-0.25, -0.2) is 4.98 Å².